The van der Waals surface area contributed by atoms with Crippen LogP contribution < -0.4 is 0 Å². The first-order valence-electron chi connectivity index (χ1n) is 7.57. The Morgan fingerprint density at radius 2 is 0.667 bits per heavy atom. The van der Waals surface area contributed by atoms with Crippen LogP contribution in [0.5, 0.6) is 0 Å². The van der Waals surface area contributed by atoms with Gasteiger partial charge >= 0.3 is 23.9 Å². The van der Waals surface area contributed by atoms with Gasteiger partial charge in [0.1, 0.15) is 25.3 Å². The van der Waals surface area contributed by atoms with Gasteiger partial charge in [0.15, 0.2) is 0 Å². The number of carboxylic acids is 4. The molecule has 4 heterocycles. The van der Waals surface area contributed by atoms with Crippen LogP contribution in [0.3, 0.4) is 0 Å². The molecule has 0 saturated heterocycles. The predicted octanol–water partition coefficient (Wildman–Crippen LogP) is -1.99. The number of aromatic carboxylic acids is 4. The minimum atomic E-state index is -1.09. The Labute approximate surface area is 193 Å². The van der Waals surface area contributed by atoms with Crippen LogP contribution >= 0.6 is 0 Å². The summed E-state index contributed by atoms with van der Waals surface area (Å²) in [5, 5.41) is 54.6. The van der Waals surface area contributed by atoms with Crippen LogP contribution in [-0.2, 0) is 20.4 Å². The maximum Gasteiger partial charge on any atom is 0.373 e. The number of H-pyrrole nitrogens is 4. The van der Waals surface area contributed by atoms with Crippen molar-refractivity contribution in [2.75, 3.05) is 0 Å². The molecule has 0 amide bonds. The molecule has 4 aromatic rings. The van der Waals surface area contributed by atoms with Gasteiger partial charge in [-0.3, -0.25) is 20.4 Å². The second-order valence-corrected chi connectivity index (χ2v) is 4.56. The molecule has 0 spiro atoms. The first kappa shape index (κ1) is 28.1. The molecule has 33 heavy (non-hydrogen) atoms. The molecule has 0 aliphatic carbocycles. The molecule has 0 aliphatic heterocycles. The SMILES string of the molecule is O=C(O)c1ncn[nH]1.O=C(O)c1ncn[nH]1.O=C(O)c1ncn[nH]1.O=C(O)c1ncn[nH]1.[Re]. The predicted molar refractivity (Wildman–Crippen MR) is 93.4 cm³/mol. The van der Waals surface area contributed by atoms with Gasteiger partial charge in [-0.25, -0.2) is 39.1 Å². The van der Waals surface area contributed by atoms with Crippen molar-refractivity contribution in [1.29, 1.82) is 0 Å². The van der Waals surface area contributed by atoms with Crippen molar-refractivity contribution in [2.24, 2.45) is 0 Å². The standard InChI is InChI=1S/4C3H3N3O2.Re/c4*7-3(8)2-4-1-5-6-2;/h4*1H,(H,7,8)(H,4,5,6);. The molecule has 8 N–H and O–H groups in total. The van der Waals surface area contributed by atoms with E-state index in [1.807, 2.05) is 0 Å². The van der Waals surface area contributed by atoms with E-state index < -0.39 is 23.9 Å². The first-order chi connectivity index (χ1) is 15.2. The van der Waals surface area contributed by atoms with E-state index in [1.165, 1.54) is 0 Å². The van der Waals surface area contributed by atoms with Gasteiger partial charge in [0.25, 0.3) is 0 Å². The molecule has 0 bridgehead atoms. The fourth-order valence-corrected chi connectivity index (χ4v) is 1.23. The van der Waals surface area contributed by atoms with Crippen molar-refractivity contribution in [3.8, 4) is 0 Å². The molecule has 175 valence electrons. The van der Waals surface area contributed by atoms with Crippen molar-refractivity contribution >= 4 is 23.9 Å². The van der Waals surface area contributed by atoms with Crippen molar-refractivity contribution in [1.82, 2.24) is 60.7 Å². The largest absolute Gasteiger partial charge is 0.475 e. The molecule has 4 aromatic heterocycles. The Kier molecular flexibility index (Phi) is 12.8. The first-order valence-corrected chi connectivity index (χ1v) is 7.57. The Morgan fingerprint density at radius 1 is 0.485 bits per heavy atom. The summed E-state index contributed by atoms with van der Waals surface area (Å²) in [6.45, 7) is 0. The van der Waals surface area contributed by atoms with Crippen molar-refractivity contribution in [2.45, 2.75) is 0 Å². The maximum absolute atomic E-state index is 9.93. The van der Waals surface area contributed by atoms with E-state index in [0.29, 0.717) is 0 Å². The summed E-state index contributed by atoms with van der Waals surface area (Å²) in [7, 11) is 0. The van der Waals surface area contributed by atoms with Gasteiger partial charge in [-0.05, 0) is 0 Å². The Hall–Kier alpha value is -4.90. The zero-order valence-electron chi connectivity index (χ0n) is 15.7. The van der Waals surface area contributed by atoms with Gasteiger partial charge in [0.05, 0.1) is 0 Å². The van der Waals surface area contributed by atoms with E-state index in [9.17, 15) is 19.2 Å². The van der Waals surface area contributed by atoms with E-state index >= 15 is 0 Å². The average molecular weight is 639 g/mol. The van der Waals surface area contributed by atoms with Gasteiger partial charge in [0, 0.05) is 20.4 Å². The number of nitrogens with zero attached hydrogens (tertiary/aromatic N) is 8. The normalized spacial score (nSPS) is 8.73. The number of carbonyl (C=O) groups is 4. The Bertz CT molecular complexity index is 905. The maximum atomic E-state index is 9.93. The van der Waals surface area contributed by atoms with Crippen LogP contribution in [0.15, 0.2) is 25.3 Å². The minimum Gasteiger partial charge on any atom is -0.475 e. The summed E-state index contributed by atoms with van der Waals surface area (Å²) in [6, 6.07) is 0. The van der Waals surface area contributed by atoms with E-state index in [1.54, 1.807) is 0 Å². The molecular weight excluding hydrogens is 626 g/mol. The van der Waals surface area contributed by atoms with Crippen LogP contribution in [0.4, 0.5) is 0 Å². The van der Waals surface area contributed by atoms with Crippen molar-refractivity contribution in [3.05, 3.63) is 48.6 Å². The molecule has 0 aromatic carbocycles. The second kappa shape index (κ2) is 15.0. The van der Waals surface area contributed by atoms with Crippen LogP contribution in [0, 0.1) is 0 Å². The number of hydrogen-bond acceptors (Lipinski definition) is 12. The number of carboxylic acid groups (broad SMARTS) is 4. The van der Waals surface area contributed by atoms with Crippen LogP contribution in [-0.4, -0.2) is 105 Å². The Balaban J connectivity index is 0.000000410. The van der Waals surface area contributed by atoms with Gasteiger partial charge in [-0.2, -0.15) is 20.4 Å². The molecule has 0 aliphatic rings. The summed E-state index contributed by atoms with van der Waals surface area (Å²) in [5.41, 5.74) is 0. The summed E-state index contributed by atoms with van der Waals surface area (Å²) in [4.78, 5) is 53.1. The van der Waals surface area contributed by atoms with Gasteiger partial charge < -0.3 is 20.4 Å². The van der Waals surface area contributed by atoms with Crippen molar-refractivity contribution < 1.29 is 60.0 Å². The number of hydrogen-bond donors (Lipinski definition) is 8. The fourth-order valence-electron chi connectivity index (χ4n) is 1.23. The van der Waals surface area contributed by atoms with E-state index in [4.69, 9.17) is 20.4 Å². The molecule has 20 nitrogen and oxygen atoms in total. The van der Waals surface area contributed by atoms with Gasteiger partial charge in [0.2, 0.25) is 23.3 Å². The quantitative estimate of drug-likeness (QED) is 0.120. The molecule has 1 radical (unpaired) electrons. The molecule has 4 rings (SSSR count). The smallest absolute Gasteiger partial charge is 0.373 e. The van der Waals surface area contributed by atoms with E-state index in [-0.39, 0.29) is 43.7 Å². The topological polar surface area (TPSA) is 315 Å². The van der Waals surface area contributed by atoms with E-state index in [2.05, 4.69) is 60.7 Å². The van der Waals surface area contributed by atoms with Crippen molar-refractivity contribution in [3.63, 3.8) is 0 Å². The third-order valence-electron chi connectivity index (χ3n) is 2.47. The zero-order valence-corrected chi connectivity index (χ0v) is 18.4. The van der Waals surface area contributed by atoms with Crippen LogP contribution in [0.2, 0.25) is 0 Å². The summed E-state index contributed by atoms with van der Waals surface area (Å²) in [6.07, 6.45) is 4.57. The fraction of sp³-hybridized carbons (Fsp3) is 0. The molecule has 0 saturated carbocycles. The third-order valence-corrected chi connectivity index (χ3v) is 2.47. The molecular formula is C12H12N12O8Re. The number of aromatic nitrogens is 12. The summed E-state index contributed by atoms with van der Waals surface area (Å²) in [5.74, 6) is -4.92. The third kappa shape index (κ3) is 11.2. The van der Waals surface area contributed by atoms with Crippen LogP contribution in [0.1, 0.15) is 42.5 Å². The average Bonchev–Trinajstić information content (AvgIpc) is 3.56. The number of aromatic amines is 4. The number of rotatable bonds is 4. The molecule has 0 fully saturated rings. The van der Waals surface area contributed by atoms with E-state index in [0.717, 1.165) is 25.3 Å². The zero-order chi connectivity index (χ0) is 23.9. The summed E-state index contributed by atoms with van der Waals surface area (Å²) < 4.78 is 0. The molecule has 0 atom stereocenters. The minimum absolute atomic E-state index is 0. The van der Waals surface area contributed by atoms with Crippen LogP contribution in [0.25, 0.3) is 0 Å². The molecule has 21 heteroatoms. The number of nitrogens with one attached hydrogen (secondary N) is 4. The monoisotopic (exact) mass is 639 g/mol. The summed E-state index contributed by atoms with van der Waals surface area (Å²) >= 11 is 0. The van der Waals surface area contributed by atoms with Gasteiger partial charge in [-0.1, -0.05) is 0 Å². The van der Waals surface area contributed by atoms with Gasteiger partial charge in [-0.15, -0.1) is 0 Å². The second-order valence-electron chi connectivity index (χ2n) is 4.56. The Morgan fingerprint density at radius 3 is 0.727 bits per heavy atom. The molecule has 0 unspecified atom stereocenters.